The van der Waals surface area contributed by atoms with Crippen LogP contribution in [0.5, 0.6) is 5.75 Å². The quantitative estimate of drug-likeness (QED) is 0.827. The maximum atomic E-state index is 12.7. The molecule has 1 aromatic rings. The number of carbonyl (C=O) groups excluding carboxylic acids is 1. The Morgan fingerprint density at radius 1 is 1.35 bits per heavy atom. The van der Waals surface area contributed by atoms with Crippen LogP contribution in [-0.2, 0) is 4.79 Å². The zero-order valence-electron chi connectivity index (χ0n) is 12.0. The highest BCUT2D eigenvalue weighted by atomic mass is 19.1. The van der Waals surface area contributed by atoms with Crippen LogP contribution in [0.1, 0.15) is 39.0 Å². The molecule has 2 rings (SSSR count). The van der Waals surface area contributed by atoms with Crippen molar-refractivity contribution in [3.8, 4) is 5.75 Å². The molecule has 1 fully saturated rings. The summed E-state index contributed by atoms with van der Waals surface area (Å²) in [6.45, 7) is 3.34. The lowest BCUT2D eigenvalue weighted by atomic mass is 10.00. The predicted molar refractivity (Wildman–Crippen MR) is 76.2 cm³/mol. The molecular formula is C16H22FNO2. The SMILES string of the molecule is CCC1CCCCN1C(=O)CCOc1ccc(F)cc1. The third-order valence-corrected chi connectivity index (χ3v) is 3.82. The Hall–Kier alpha value is -1.58. The average molecular weight is 279 g/mol. The first kappa shape index (κ1) is 14.8. The molecule has 0 aromatic heterocycles. The van der Waals surface area contributed by atoms with Crippen LogP contribution in [-0.4, -0.2) is 30.0 Å². The molecule has 1 heterocycles. The molecule has 0 aliphatic carbocycles. The van der Waals surface area contributed by atoms with Crippen molar-refractivity contribution >= 4 is 5.91 Å². The van der Waals surface area contributed by atoms with E-state index in [0.29, 0.717) is 24.8 Å². The Morgan fingerprint density at radius 3 is 2.80 bits per heavy atom. The molecule has 110 valence electrons. The van der Waals surface area contributed by atoms with Gasteiger partial charge in [0, 0.05) is 12.6 Å². The van der Waals surface area contributed by atoms with Gasteiger partial charge >= 0.3 is 0 Å². The molecule has 4 heteroatoms. The van der Waals surface area contributed by atoms with E-state index in [4.69, 9.17) is 4.74 Å². The molecule has 1 atom stereocenters. The van der Waals surface area contributed by atoms with Crippen LogP contribution in [0.2, 0.25) is 0 Å². The molecule has 3 nitrogen and oxygen atoms in total. The van der Waals surface area contributed by atoms with Gasteiger partial charge in [0.25, 0.3) is 0 Å². The molecule has 0 bridgehead atoms. The fourth-order valence-electron chi connectivity index (χ4n) is 2.68. The highest BCUT2D eigenvalue weighted by Crippen LogP contribution is 2.20. The standard InChI is InChI=1S/C16H22FNO2/c1-2-14-5-3-4-11-18(14)16(19)10-12-20-15-8-6-13(17)7-9-15/h6-9,14H,2-5,10-12H2,1H3. The summed E-state index contributed by atoms with van der Waals surface area (Å²) in [4.78, 5) is 14.2. The van der Waals surface area contributed by atoms with E-state index in [1.807, 2.05) is 4.90 Å². The Bertz CT molecular complexity index is 433. The van der Waals surface area contributed by atoms with Crippen molar-refractivity contribution in [2.75, 3.05) is 13.2 Å². The second kappa shape index (κ2) is 7.27. The first-order valence-electron chi connectivity index (χ1n) is 7.38. The number of hydrogen-bond donors (Lipinski definition) is 0. The number of halogens is 1. The van der Waals surface area contributed by atoms with Crippen LogP contribution in [0.25, 0.3) is 0 Å². The third kappa shape index (κ3) is 3.95. The summed E-state index contributed by atoms with van der Waals surface area (Å²) in [5.41, 5.74) is 0. The number of hydrogen-bond acceptors (Lipinski definition) is 2. The largest absolute Gasteiger partial charge is 0.493 e. The number of benzene rings is 1. The fourth-order valence-corrected chi connectivity index (χ4v) is 2.68. The molecule has 1 aliphatic rings. The molecule has 0 spiro atoms. The summed E-state index contributed by atoms with van der Waals surface area (Å²) in [6.07, 6.45) is 4.83. The number of ether oxygens (including phenoxy) is 1. The van der Waals surface area contributed by atoms with Gasteiger partial charge in [0.2, 0.25) is 5.91 Å². The summed E-state index contributed by atoms with van der Waals surface area (Å²) in [5.74, 6) is 0.482. The number of carbonyl (C=O) groups is 1. The minimum Gasteiger partial charge on any atom is -0.493 e. The van der Waals surface area contributed by atoms with Gasteiger partial charge in [0.15, 0.2) is 0 Å². The first-order chi connectivity index (χ1) is 9.70. The highest BCUT2D eigenvalue weighted by molar-refractivity contribution is 5.76. The first-order valence-corrected chi connectivity index (χ1v) is 7.38. The molecule has 0 saturated carbocycles. The van der Waals surface area contributed by atoms with Crippen molar-refractivity contribution in [3.05, 3.63) is 30.1 Å². The second-order valence-electron chi connectivity index (χ2n) is 5.20. The van der Waals surface area contributed by atoms with Gasteiger partial charge < -0.3 is 9.64 Å². The van der Waals surface area contributed by atoms with Crippen molar-refractivity contribution in [1.29, 1.82) is 0 Å². The molecule has 1 aliphatic heterocycles. The van der Waals surface area contributed by atoms with Gasteiger partial charge in [0.05, 0.1) is 13.0 Å². The summed E-state index contributed by atoms with van der Waals surface area (Å²) >= 11 is 0. The molecule has 0 N–H and O–H groups in total. The maximum absolute atomic E-state index is 12.7. The van der Waals surface area contributed by atoms with Gasteiger partial charge in [-0.2, -0.15) is 0 Å². The third-order valence-electron chi connectivity index (χ3n) is 3.82. The van der Waals surface area contributed by atoms with Crippen LogP contribution in [0, 0.1) is 5.82 Å². The summed E-state index contributed by atoms with van der Waals surface area (Å²) in [7, 11) is 0. The van der Waals surface area contributed by atoms with E-state index < -0.39 is 0 Å². The van der Waals surface area contributed by atoms with Gasteiger partial charge in [-0.25, -0.2) is 4.39 Å². The zero-order valence-corrected chi connectivity index (χ0v) is 12.0. The van der Waals surface area contributed by atoms with Crippen LogP contribution >= 0.6 is 0 Å². The normalized spacial score (nSPS) is 18.9. The van der Waals surface area contributed by atoms with E-state index in [1.54, 1.807) is 12.1 Å². The number of amides is 1. The Kier molecular flexibility index (Phi) is 5.39. The van der Waals surface area contributed by atoms with E-state index in [2.05, 4.69) is 6.92 Å². The molecule has 1 aromatic carbocycles. The van der Waals surface area contributed by atoms with Crippen molar-refractivity contribution < 1.29 is 13.9 Å². The summed E-state index contributed by atoms with van der Waals surface area (Å²) in [6, 6.07) is 6.26. The van der Waals surface area contributed by atoms with Crippen LogP contribution in [0.3, 0.4) is 0 Å². The van der Waals surface area contributed by atoms with Crippen LogP contribution in [0.15, 0.2) is 24.3 Å². The maximum Gasteiger partial charge on any atom is 0.226 e. The lowest BCUT2D eigenvalue weighted by Crippen LogP contribution is -2.43. The monoisotopic (exact) mass is 279 g/mol. The highest BCUT2D eigenvalue weighted by Gasteiger charge is 2.24. The lowest BCUT2D eigenvalue weighted by molar-refractivity contribution is -0.135. The number of nitrogens with zero attached hydrogens (tertiary/aromatic N) is 1. The van der Waals surface area contributed by atoms with Gasteiger partial charge in [-0.1, -0.05) is 6.92 Å². The van der Waals surface area contributed by atoms with Crippen LogP contribution in [0.4, 0.5) is 4.39 Å². The molecule has 1 unspecified atom stereocenters. The topological polar surface area (TPSA) is 29.5 Å². The Balaban J connectivity index is 1.78. The minimum atomic E-state index is -0.285. The van der Waals surface area contributed by atoms with Gasteiger partial charge in [-0.05, 0) is 49.9 Å². The Morgan fingerprint density at radius 2 is 2.10 bits per heavy atom. The molecule has 1 saturated heterocycles. The van der Waals surface area contributed by atoms with Crippen molar-refractivity contribution in [2.24, 2.45) is 0 Å². The molecule has 20 heavy (non-hydrogen) atoms. The van der Waals surface area contributed by atoms with Crippen molar-refractivity contribution in [3.63, 3.8) is 0 Å². The van der Waals surface area contributed by atoms with Crippen LogP contribution < -0.4 is 4.74 Å². The number of likely N-dealkylation sites (tertiary alicyclic amines) is 1. The zero-order chi connectivity index (χ0) is 14.4. The second-order valence-corrected chi connectivity index (χ2v) is 5.20. The van der Waals surface area contributed by atoms with Gasteiger partial charge in [0.1, 0.15) is 11.6 Å². The summed E-state index contributed by atoms with van der Waals surface area (Å²) < 4.78 is 18.2. The summed E-state index contributed by atoms with van der Waals surface area (Å²) in [5, 5.41) is 0. The molecule has 0 radical (unpaired) electrons. The molecular weight excluding hydrogens is 257 g/mol. The fraction of sp³-hybridized carbons (Fsp3) is 0.562. The van der Waals surface area contributed by atoms with E-state index in [1.165, 1.54) is 18.6 Å². The molecule has 1 amide bonds. The Labute approximate surface area is 119 Å². The average Bonchev–Trinajstić information content (AvgIpc) is 2.49. The number of piperidine rings is 1. The van der Waals surface area contributed by atoms with Crippen molar-refractivity contribution in [2.45, 2.75) is 45.1 Å². The lowest BCUT2D eigenvalue weighted by Gasteiger charge is -2.35. The van der Waals surface area contributed by atoms with E-state index in [9.17, 15) is 9.18 Å². The van der Waals surface area contributed by atoms with E-state index in [0.717, 1.165) is 25.8 Å². The van der Waals surface area contributed by atoms with Crippen molar-refractivity contribution in [1.82, 2.24) is 4.90 Å². The van der Waals surface area contributed by atoms with Gasteiger partial charge in [-0.15, -0.1) is 0 Å². The number of rotatable bonds is 5. The van der Waals surface area contributed by atoms with E-state index >= 15 is 0 Å². The minimum absolute atomic E-state index is 0.165. The smallest absolute Gasteiger partial charge is 0.226 e. The van der Waals surface area contributed by atoms with Gasteiger partial charge in [-0.3, -0.25) is 4.79 Å². The predicted octanol–water partition coefficient (Wildman–Crippen LogP) is 3.39. The van der Waals surface area contributed by atoms with E-state index in [-0.39, 0.29) is 11.7 Å².